The van der Waals surface area contributed by atoms with Gasteiger partial charge in [-0.15, -0.1) is 0 Å². The Labute approximate surface area is 74.4 Å². The Bertz CT molecular complexity index is 225. The minimum absolute atomic E-state index is 0.313. The first-order valence-electron chi connectivity index (χ1n) is 4.30. The van der Waals surface area contributed by atoms with Crippen LogP contribution in [-0.4, -0.2) is 13.2 Å². The normalized spacial score (nSPS) is 12.9. The van der Waals surface area contributed by atoms with Crippen molar-refractivity contribution in [3.63, 3.8) is 0 Å². The van der Waals surface area contributed by atoms with Gasteiger partial charge in [0.2, 0.25) is 0 Å². The number of hydrogen-bond acceptors (Lipinski definition) is 1. The van der Waals surface area contributed by atoms with Crippen LogP contribution in [0, 0.1) is 6.92 Å². The van der Waals surface area contributed by atoms with E-state index in [4.69, 9.17) is 4.74 Å². The molecular weight excluding hydrogens is 148 g/mol. The highest BCUT2D eigenvalue weighted by Gasteiger charge is 2.00. The Hall–Kier alpha value is -0.820. The molecule has 0 heterocycles. The second-order valence-electron chi connectivity index (χ2n) is 3.24. The summed E-state index contributed by atoms with van der Waals surface area (Å²) in [4.78, 5) is 0. The summed E-state index contributed by atoms with van der Waals surface area (Å²) in [6.07, 6.45) is 1.31. The van der Waals surface area contributed by atoms with Gasteiger partial charge in [0.1, 0.15) is 0 Å². The molecule has 0 saturated heterocycles. The molecule has 0 saturated carbocycles. The molecule has 0 aliphatic rings. The van der Waals surface area contributed by atoms with Crippen molar-refractivity contribution < 1.29 is 4.74 Å². The Morgan fingerprint density at radius 3 is 2.33 bits per heavy atom. The predicted octanol–water partition coefficient (Wildman–Crippen LogP) is 2.57. The maximum Gasteiger partial charge on any atom is 0.0583 e. The highest BCUT2D eigenvalue weighted by atomic mass is 16.5. The molecule has 0 aliphatic carbocycles. The molecule has 0 N–H and O–H groups in total. The van der Waals surface area contributed by atoms with Gasteiger partial charge in [-0.05, 0) is 25.8 Å². The zero-order valence-electron chi connectivity index (χ0n) is 8.00. The van der Waals surface area contributed by atoms with Crippen LogP contribution >= 0.6 is 0 Å². The van der Waals surface area contributed by atoms with Gasteiger partial charge >= 0.3 is 0 Å². The molecule has 1 rings (SSSR count). The van der Waals surface area contributed by atoms with E-state index in [1.165, 1.54) is 11.1 Å². The molecule has 1 nitrogen and oxygen atoms in total. The molecular formula is C11H16O. The highest BCUT2D eigenvalue weighted by molar-refractivity contribution is 5.21. The minimum Gasteiger partial charge on any atom is -0.381 e. The van der Waals surface area contributed by atoms with Crippen molar-refractivity contribution in [1.82, 2.24) is 0 Å². The van der Waals surface area contributed by atoms with E-state index in [1.807, 2.05) is 0 Å². The lowest BCUT2D eigenvalue weighted by Gasteiger charge is -2.08. The van der Waals surface area contributed by atoms with Crippen LogP contribution in [0.25, 0.3) is 0 Å². The fourth-order valence-corrected chi connectivity index (χ4v) is 1.14. The second-order valence-corrected chi connectivity index (χ2v) is 3.24. The third-order valence-corrected chi connectivity index (χ3v) is 2.05. The molecule has 1 unspecified atom stereocenters. The number of methoxy groups -OCH3 is 1. The third-order valence-electron chi connectivity index (χ3n) is 2.05. The van der Waals surface area contributed by atoms with Gasteiger partial charge in [-0.2, -0.15) is 0 Å². The van der Waals surface area contributed by atoms with Crippen LogP contribution in [-0.2, 0) is 11.2 Å². The van der Waals surface area contributed by atoms with Crippen LogP contribution < -0.4 is 0 Å². The summed E-state index contributed by atoms with van der Waals surface area (Å²) in [6.45, 7) is 4.18. The SMILES string of the molecule is COC(C)Cc1ccc(C)cc1. The van der Waals surface area contributed by atoms with Gasteiger partial charge in [0, 0.05) is 7.11 Å². The summed E-state index contributed by atoms with van der Waals surface area (Å²) < 4.78 is 5.18. The van der Waals surface area contributed by atoms with Gasteiger partial charge in [-0.25, -0.2) is 0 Å². The Balaban J connectivity index is 2.58. The fraction of sp³-hybridized carbons (Fsp3) is 0.455. The van der Waals surface area contributed by atoms with Crippen molar-refractivity contribution in [3.8, 4) is 0 Å². The molecule has 1 aromatic rings. The summed E-state index contributed by atoms with van der Waals surface area (Å²) in [5, 5.41) is 0. The molecule has 0 aliphatic heterocycles. The van der Waals surface area contributed by atoms with Gasteiger partial charge in [-0.3, -0.25) is 0 Å². The molecule has 1 heteroatoms. The largest absolute Gasteiger partial charge is 0.381 e. The molecule has 12 heavy (non-hydrogen) atoms. The Morgan fingerprint density at radius 1 is 1.25 bits per heavy atom. The van der Waals surface area contributed by atoms with Crippen LogP contribution in [0.3, 0.4) is 0 Å². The van der Waals surface area contributed by atoms with Crippen molar-refractivity contribution in [3.05, 3.63) is 35.4 Å². The van der Waals surface area contributed by atoms with Crippen molar-refractivity contribution in [2.75, 3.05) is 7.11 Å². The number of rotatable bonds is 3. The van der Waals surface area contributed by atoms with Crippen LogP contribution in [0.4, 0.5) is 0 Å². The van der Waals surface area contributed by atoms with Crippen molar-refractivity contribution in [1.29, 1.82) is 0 Å². The van der Waals surface area contributed by atoms with Gasteiger partial charge < -0.3 is 4.74 Å². The molecule has 0 radical (unpaired) electrons. The van der Waals surface area contributed by atoms with E-state index in [2.05, 4.69) is 38.1 Å². The van der Waals surface area contributed by atoms with Gasteiger partial charge in [0.15, 0.2) is 0 Å². The molecule has 0 fully saturated rings. The molecule has 0 spiro atoms. The summed E-state index contributed by atoms with van der Waals surface area (Å²) >= 11 is 0. The van der Waals surface area contributed by atoms with E-state index in [0.29, 0.717) is 6.10 Å². The summed E-state index contributed by atoms with van der Waals surface area (Å²) in [5.41, 5.74) is 2.65. The van der Waals surface area contributed by atoms with Crippen LogP contribution in [0.5, 0.6) is 0 Å². The van der Waals surface area contributed by atoms with Crippen molar-refractivity contribution in [2.24, 2.45) is 0 Å². The second kappa shape index (κ2) is 4.27. The molecule has 1 aromatic carbocycles. The summed E-state index contributed by atoms with van der Waals surface area (Å²) in [7, 11) is 1.75. The number of benzene rings is 1. The first-order chi connectivity index (χ1) is 5.72. The first kappa shape index (κ1) is 9.27. The Kier molecular flexibility index (Phi) is 3.30. The maximum atomic E-state index is 5.18. The smallest absolute Gasteiger partial charge is 0.0583 e. The zero-order valence-corrected chi connectivity index (χ0v) is 8.00. The van der Waals surface area contributed by atoms with E-state index in [1.54, 1.807) is 7.11 Å². The lowest BCUT2D eigenvalue weighted by molar-refractivity contribution is 0.119. The topological polar surface area (TPSA) is 9.23 Å². The maximum absolute atomic E-state index is 5.18. The van der Waals surface area contributed by atoms with Crippen molar-refractivity contribution in [2.45, 2.75) is 26.4 Å². The predicted molar refractivity (Wildman–Crippen MR) is 51.4 cm³/mol. The van der Waals surface area contributed by atoms with E-state index in [0.717, 1.165) is 6.42 Å². The van der Waals surface area contributed by atoms with Crippen molar-refractivity contribution >= 4 is 0 Å². The van der Waals surface area contributed by atoms with E-state index < -0.39 is 0 Å². The number of aryl methyl sites for hydroxylation is 1. The highest BCUT2D eigenvalue weighted by Crippen LogP contribution is 2.06. The fourth-order valence-electron chi connectivity index (χ4n) is 1.14. The number of hydrogen-bond donors (Lipinski definition) is 0. The average molecular weight is 164 g/mol. The van der Waals surface area contributed by atoms with Gasteiger partial charge in [-0.1, -0.05) is 29.8 Å². The van der Waals surface area contributed by atoms with E-state index in [-0.39, 0.29) is 0 Å². The third kappa shape index (κ3) is 2.67. The summed E-state index contributed by atoms with van der Waals surface area (Å²) in [5.74, 6) is 0. The minimum atomic E-state index is 0.313. The molecule has 0 aromatic heterocycles. The monoisotopic (exact) mass is 164 g/mol. The quantitative estimate of drug-likeness (QED) is 0.667. The molecule has 0 bridgehead atoms. The van der Waals surface area contributed by atoms with Gasteiger partial charge in [0.25, 0.3) is 0 Å². The van der Waals surface area contributed by atoms with Crippen LogP contribution in [0.1, 0.15) is 18.1 Å². The van der Waals surface area contributed by atoms with Crippen LogP contribution in [0.2, 0.25) is 0 Å². The number of ether oxygens (including phenoxy) is 1. The van der Waals surface area contributed by atoms with Gasteiger partial charge in [0.05, 0.1) is 6.10 Å². The lowest BCUT2D eigenvalue weighted by atomic mass is 10.1. The summed E-state index contributed by atoms with van der Waals surface area (Å²) in [6, 6.07) is 8.59. The molecule has 66 valence electrons. The van der Waals surface area contributed by atoms with E-state index in [9.17, 15) is 0 Å². The molecule has 0 amide bonds. The average Bonchev–Trinajstić information content (AvgIpc) is 2.09. The standard InChI is InChI=1S/C11H16O/c1-9-4-6-11(7-5-9)8-10(2)12-3/h4-7,10H,8H2,1-3H3. The Morgan fingerprint density at radius 2 is 1.83 bits per heavy atom. The van der Waals surface area contributed by atoms with E-state index >= 15 is 0 Å². The first-order valence-corrected chi connectivity index (χ1v) is 4.30. The molecule has 1 atom stereocenters. The zero-order chi connectivity index (χ0) is 8.97. The van der Waals surface area contributed by atoms with Crippen LogP contribution in [0.15, 0.2) is 24.3 Å². The lowest BCUT2D eigenvalue weighted by Crippen LogP contribution is -2.08.